The van der Waals surface area contributed by atoms with Crippen molar-refractivity contribution < 1.29 is 0 Å². The summed E-state index contributed by atoms with van der Waals surface area (Å²) >= 11 is 0. The van der Waals surface area contributed by atoms with Gasteiger partial charge in [0.2, 0.25) is 0 Å². The van der Waals surface area contributed by atoms with Crippen LogP contribution in [0.5, 0.6) is 0 Å². The van der Waals surface area contributed by atoms with Crippen LogP contribution >= 0.6 is 0 Å². The predicted molar refractivity (Wildman–Crippen MR) is 82.8 cm³/mol. The lowest BCUT2D eigenvalue weighted by Crippen LogP contribution is -1.93. The van der Waals surface area contributed by atoms with Gasteiger partial charge in [0, 0.05) is 0 Å². The third-order valence-corrected chi connectivity index (χ3v) is 3.47. The van der Waals surface area contributed by atoms with Gasteiger partial charge in [-0.2, -0.15) is 0 Å². The molecule has 0 aliphatic rings. The average Bonchev–Trinajstić information content (AvgIpc) is 2.38. The standard InChI is InChI=1S/C18H24/c1-6-8-9-11-14(3)15(4)18-13-10-12-17(7-2)16(18)5/h6,8-13H,7H2,1-5H3/b8-6+,11-9-,15-14+. The molecule has 0 saturated heterocycles. The Balaban J connectivity index is 3.17. The minimum atomic E-state index is 1.10. The maximum atomic E-state index is 2.22. The van der Waals surface area contributed by atoms with E-state index in [0.29, 0.717) is 0 Å². The van der Waals surface area contributed by atoms with E-state index in [2.05, 4.69) is 64.1 Å². The first-order valence-electron chi connectivity index (χ1n) is 6.67. The number of aryl methyl sites for hydroxylation is 1. The Labute approximate surface area is 112 Å². The topological polar surface area (TPSA) is 0 Å². The van der Waals surface area contributed by atoms with Gasteiger partial charge in [-0.1, -0.05) is 49.4 Å². The fourth-order valence-corrected chi connectivity index (χ4v) is 2.12. The highest BCUT2D eigenvalue weighted by molar-refractivity contribution is 5.71. The zero-order valence-corrected chi connectivity index (χ0v) is 12.2. The first kappa shape index (κ1) is 14.5. The zero-order chi connectivity index (χ0) is 13.5. The van der Waals surface area contributed by atoms with E-state index in [1.54, 1.807) is 0 Å². The molecule has 1 aromatic carbocycles. The second kappa shape index (κ2) is 7.00. The minimum absolute atomic E-state index is 1.10. The average molecular weight is 240 g/mol. The number of hydrogen-bond acceptors (Lipinski definition) is 0. The van der Waals surface area contributed by atoms with Crippen molar-refractivity contribution in [2.45, 2.75) is 41.0 Å². The van der Waals surface area contributed by atoms with E-state index in [4.69, 9.17) is 0 Å². The van der Waals surface area contributed by atoms with Crippen molar-refractivity contribution in [3.8, 4) is 0 Å². The molecule has 0 aliphatic heterocycles. The van der Waals surface area contributed by atoms with Crippen molar-refractivity contribution in [2.75, 3.05) is 0 Å². The molecule has 0 nitrogen and oxygen atoms in total. The van der Waals surface area contributed by atoms with Gasteiger partial charge in [-0.25, -0.2) is 0 Å². The van der Waals surface area contributed by atoms with Crippen molar-refractivity contribution in [1.82, 2.24) is 0 Å². The monoisotopic (exact) mass is 240 g/mol. The molecule has 96 valence electrons. The molecular weight excluding hydrogens is 216 g/mol. The van der Waals surface area contributed by atoms with Crippen LogP contribution in [-0.4, -0.2) is 0 Å². The van der Waals surface area contributed by atoms with Crippen molar-refractivity contribution in [3.05, 3.63) is 64.8 Å². The fraction of sp³-hybridized carbons (Fsp3) is 0.333. The number of benzene rings is 1. The lowest BCUT2D eigenvalue weighted by atomic mass is 9.93. The van der Waals surface area contributed by atoms with E-state index in [-0.39, 0.29) is 0 Å². The first-order chi connectivity index (χ1) is 8.61. The van der Waals surface area contributed by atoms with Crippen LogP contribution in [0.25, 0.3) is 5.57 Å². The molecule has 0 atom stereocenters. The molecule has 0 heterocycles. The summed E-state index contributed by atoms with van der Waals surface area (Å²) in [5.41, 5.74) is 6.92. The molecule has 0 fully saturated rings. The SMILES string of the molecule is C/C=C/C=C\C(C)=C(/C)c1cccc(CC)c1C. The molecule has 0 spiro atoms. The summed E-state index contributed by atoms with van der Waals surface area (Å²) in [4.78, 5) is 0. The highest BCUT2D eigenvalue weighted by Crippen LogP contribution is 2.25. The Morgan fingerprint density at radius 1 is 1.17 bits per heavy atom. The molecule has 0 heteroatoms. The van der Waals surface area contributed by atoms with Crippen LogP contribution in [0.15, 0.2) is 48.1 Å². The van der Waals surface area contributed by atoms with Crippen molar-refractivity contribution >= 4 is 5.57 Å². The Kier molecular flexibility index (Phi) is 5.64. The van der Waals surface area contributed by atoms with E-state index in [1.807, 2.05) is 13.0 Å². The molecule has 0 amide bonds. The van der Waals surface area contributed by atoms with E-state index in [0.717, 1.165) is 6.42 Å². The largest absolute Gasteiger partial charge is 0.0877 e. The Morgan fingerprint density at radius 2 is 1.89 bits per heavy atom. The predicted octanol–water partition coefficient (Wildman–Crippen LogP) is 5.48. The van der Waals surface area contributed by atoms with E-state index >= 15 is 0 Å². The molecule has 0 aromatic heterocycles. The summed E-state index contributed by atoms with van der Waals surface area (Å²) in [6.45, 7) is 10.8. The molecule has 0 saturated carbocycles. The summed E-state index contributed by atoms with van der Waals surface area (Å²) in [6, 6.07) is 6.60. The molecule has 0 N–H and O–H groups in total. The van der Waals surface area contributed by atoms with E-state index in [9.17, 15) is 0 Å². The van der Waals surface area contributed by atoms with Crippen LogP contribution in [0.2, 0.25) is 0 Å². The maximum Gasteiger partial charge on any atom is -0.0193 e. The van der Waals surface area contributed by atoms with E-state index < -0.39 is 0 Å². The summed E-state index contributed by atoms with van der Waals surface area (Å²) < 4.78 is 0. The molecular formula is C18H24. The van der Waals surface area contributed by atoms with Gasteiger partial charge in [-0.3, -0.25) is 0 Å². The molecule has 0 aliphatic carbocycles. The van der Waals surface area contributed by atoms with Crippen molar-refractivity contribution in [1.29, 1.82) is 0 Å². The molecule has 1 rings (SSSR count). The molecule has 18 heavy (non-hydrogen) atoms. The van der Waals surface area contributed by atoms with Gasteiger partial charge in [-0.05, 0) is 62.0 Å². The summed E-state index contributed by atoms with van der Waals surface area (Å²) in [6.07, 6.45) is 9.47. The Morgan fingerprint density at radius 3 is 2.50 bits per heavy atom. The molecule has 0 unspecified atom stereocenters. The van der Waals surface area contributed by atoms with Gasteiger partial charge in [0.25, 0.3) is 0 Å². The zero-order valence-electron chi connectivity index (χ0n) is 12.2. The lowest BCUT2D eigenvalue weighted by molar-refractivity contribution is 1.10. The summed E-state index contributed by atoms with van der Waals surface area (Å²) in [5, 5.41) is 0. The highest BCUT2D eigenvalue weighted by atomic mass is 14.1. The van der Waals surface area contributed by atoms with Crippen LogP contribution in [0.3, 0.4) is 0 Å². The molecule has 0 radical (unpaired) electrons. The second-order valence-electron chi connectivity index (χ2n) is 4.64. The van der Waals surface area contributed by atoms with Crippen molar-refractivity contribution in [3.63, 3.8) is 0 Å². The summed E-state index contributed by atoms with van der Waals surface area (Å²) in [5.74, 6) is 0. The first-order valence-corrected chi connectivity index (χ1v) is 6.67. The molecule has 0 bridgehead atoms. The van der Waals surface area contributed by atoms with Gasteiger partial charge in [0.1, 0.15) is 0 Å². The van der Waals surface area contributed by atoms with Gasteiger partial charge in [-0.15, -0.1) is 0 Å². The highest BCUT2D eigenvalue weighted by Gasteiger charge is 2.05. The van der Waals surface area contributed by atoms with Crippen LogP contribution in [0.4, 0.5) is 0 Å². The van der Waals surface area contributed by atoms with Crippen LogP contribution in [0, 0.1) is 6.92 Å². The Bertz CT molecular complexity index is 485. The third kappa shape index (κ3) is 3.46. The van der Waals surface area contributed by atoms with Crippen molar-refractivity contribution in [2.24, 2.45) is 0 Å². The second-order valence-corrected chi connectivity index (χ2v) is 4.64. The Hall–Kier alpha value is -1.56. The van der Waals surface area contributed by atoms with Crippen LogP contribution in [-0.2, 0) is 6.42 Å². The maximum absolute atomic E-state index is 2.22. The van der Waals surface area contributed by atoms with Gasteiger partial charge in [0.15, 0.2) is 0 Å². The van der Waals surface area contributed by atoms with Crippen LogP contribution < -0.4 is 0 Å². The van der Waals surface area contributed by atoms with Gasteiger partial charge in [0.05, 0.1) is 0 Å². The normalized spacial score (nSPS) is 13.4. The van der Waals surface area contributed by atoms with Crippen LogP contribution in [0.1, 0.15) is 44.4 Å². The van der Waals surface area contributed by atoms with E-state index in [1.165, 1.54) is 27.8 Å². The third-order valence-electron chi connectivity index (χ3n) is 3.47. The lowest BCUT2D eigenvalue weighted by Gasteiger charge is -2.12. The van der Waals surface area contributed by atoms with Gasteiger partial charge < -0.3 is 0 Å². The quantitative estimate of drug-likeness (QED) is 0.611. The fourth-order valence-electron chi connectivity index (χ4n) is 2.12. The number of rotatable bonds is 4. The summed E-state index contributed by atoms with van der Waals surface area (Å²) in [7, 11) is 0. The number of hydrogen-bond donors (Lipinski definition) is 0. The van der Waals surface area contributed by atoms with Gasteiger partial charge >= 0.3 is 0 Å². The molecule has 1 aromatic rings. The smallest absolute Gasteiger partial charge is 0.0193 e. The number of allylic oxidation sites excluding steroid dienone is 6. The minimum Gasteiger partial charge on any atom is -0.0877 e.